The standard InChI is InChI=1S/C13H8BrN3O2/c14-10-2-1-7(15)5-11(10)17-12(18)8-3-4-16-6-9(8)13(17)19/h1-6H,15H2. The van der Waals surface area contributed by atoms with E-state index >= 15 is 0 Å². The van der Waals surface area contributed by atoms with Crippen molar-refractivity contribution in [3.8, 4) is 0 Å². The molecule has 0 aliphatic carbocycles. The summed E-state index contributed by atoms with van der Waals surface area (Å²) in [7, 11) is 0. The molecule has 2 amide bonds. The zero-order valence-electron chi connectivity index (χ0n) is 9.63. The molecule has 3 rings (SSSR count). The molecule has 1 aromatic heterocycles. The van der Waals surface area contributed by atoms with Crippen LogP contribution in [0.4, 0.5) is 11.4 Å². The highest BCUT2D eigenvalue weighted by molar-refractivity contribution is 9.10. The first kappa shape index (κ1) is 11.9. The number of rotatable bonds is 1. The van der Waals surface area contributed by atoms with Crippen LogP contribution in [0.25, 0.3) is 0 Å². The van der Waals surface area contributed by atoms with E-state index in [2.05, 4.69) is 20.9 Å². The van der Waals surface area contributed by atoms with Crippen LogP contribution in [0.3, 0.4) is 0 Å². The van der Waals surface area contributed by atoms with E-state index in [1.807, 2.05) is 0 Å². The number of amides is 2. The van der Waals surface area contributed by atoms with Crippen LogP contribution < -0.4 is 10.6 Å². The SMILES string of the molecule is Nc1ccc(Br)c(N2C(=O)c3ccncc3C2=O)c1. The van der Waals surface area contributed by atoms with Crippen LogP contribution in [0.5, 0.6) is 0 Å². The van der Waals surface area contributed by atoms with E-state index in [0.717, 1.165) is 4.90 Å². The maximum Gasteiger partial charge on any atom is 0.267 e. The summed E-state index contributed by atoms with van der Waals surface area (Å²) < 4.78 is 0.629. The van der Waals surface area contributed by atoms with Gasteiger partial charge < -0.3 is 5.73 Å². The second-order valence-electron chi connectivity index (χ2n) is 4.08. The first-order valence-electron chi connectivity index (χ1n) is 5.47. The van der Waals surface area contributed by atoms with Gasteiger partial charge in [-0.1, -0.05) is 0 Å². The van der Waals surface area contributed by atoms with Gasteiger partial charge in [-0.05, 0) is 40.2 Å². The summed E-state index contributed by atoms with van der Waals surface area (Å²) in [6.07, 6.45) is 2.89. The number of carbonyl (C=O) groups is 2. The third-order valence-electron chi connectivity index (χ3n) is 2.90. The van der Waals surface area contributed by atoms with Crippen LogP contribution in [0.2, 0.25) is 0 Å². The molecular weight excluding hydrogens is 310 g/mol. The Kier molecular flexibility index (Phi) is 2.60. The largest absolute Gasteiger partial charge is 0.399 e. The summed E-state index contributed by atoms with van der Waals surface area (Å²) in [5.41, 5.74) is 7.29. The molecular formula is C13H8BrN3O2. The number of anilines is 2. The quantitative estimate of drug-likeness (QED) is 0.646. The van der Waals surface area contributed by atoms with Crippen molar-refractivity contribution in [2.75, 3.05) is 10.6 Å². The van der Waals surface area contributed by atoms with Crippen molar-refractivity contribution in [3.05, 3.63) is 52.3 Å². The number of nitrogens with zero attached hydrogens (tertiary/aromatic N) is 2. The average molecular weight is 318 g/mol. The number of pyridine rings is 1. The van der Waals surface area contributed by atoms with E-state index < -0.39 is 0 Å². The Labute approximate surface area is 117 Å². The van der Waals surface area contributed by atoms with Crippen LogP contribution >= 0.6 is 15.9 Å². The molecule has 94 valence electrons. The van der Waals surface area contributed by atoms with Crippen molar-refractivity contribution >= 4 is 39.1 Å². The normalized spacial score (nSPS) is 13.8. The van der Waals surface area contributed by atoms with Gasteiger partial charge in [0.2, 0.25) is 0 Å². The minimum atomic E-state index is -0.389. The summed E-state index contributed by atoms with van der Waals surface area (Å²) >= 11 is 3.32. The fourth-order valence-corrected chi connectivity index (χ4v) is 2.43. The topological polar surface area (TPSA) is 76.3 Å². The summed E-state index contributed by atoms with van der Waals surface area (Å²) in [5.74, 6) is -0.756. The lowest BCUT2D eigenvalue weighted by Gasteiger charge is -2.16. The zero-order valence-corrected chi connectivity index (χ0v) is 11.2. The maximum absolute atomic E-state index is 12.3. The van der Waals surface area contributed by atoms with Gasteiger partial charge in [0.1, 0.15) is 0 Å². The van der Waals surface area contributed by atoms with Gasteiger partial charge in [0.05, 0.1) is 16.8 Å². The number of hydrogen-bond acceptors (Lipinski definition) is 4. The highest BCUT2D eigenvalue weighted by Gasteiger charge is 2.37. The lowest BCUT2D eigenvalue weighted by molar-refractivity contribution is 0.0926. The Bertz CT molecular complexity index is 680. The zero-order chi connectivity index (χ0) is 13.6. The number of nitrogen functional groups attached to an aromatic ring is 1. The third-order valence-corrected chi connectivity index (χ3v) is 3.57. The maximum atomic E-state index is 12.3. The molecule has 0 spiro atoms. The van der Waals surface area contributed by atoms with E-state index in [0.29, 0.717) is 27.0 Å². The molecule has 1 aliphatic rings. The number of fused-ring (bicyclic) bond motifs is 1. The molecule has 2 aromatic rings. The van der Waals surface area contributed by atoms with E-state index in [1.165, 1.54) is 18.5 Å². The minimum absolute atomic E-state index is 0.307. The summed E-state index contributed by atoms with van der Waals surface area (Å²) in [5, 5.41) is 0. The van der Waals surface area contributed by atoms with Crippen molar-refractivity contribution in [3.63, 3.8) is 0 Å². The van der Waals surface area contributed by atoms with Gasteiger partial charge in [-0.3, -0.25) is 14.6 Å². The van der Waals surface area contributed by atoms with Crippen molar-refractivity contribution in [2.24, 2.45) is 0 Å². The Morgan fingerprint density at radius 1 is 1.11 bits per heavy atom. The highest BCUT2D eigenvalue weighted by Crippen LogP contribution is 2.34. The molecule has 2 heterocycles. The monoisotopic (exact) mass is 317 g/mol. The molecule has 5 nitrogen and oxygen atoms in total. The molecule has 0 atom stereocenters. The van der Waals surface area contributed by atoms with Crippen LogP contribution in [0.15, 0.2) is 41.1 Å². The number of benzene rings is 1. The van der Waals surface area contributed by atoms with Crippen molar-refractivity contribution in [2.45, 2.75) is 0 Å². The molecule has 2 N–H and O–H groups in total. The van der Waals surface area contributed by atoms with Gasteiger partial charge in [0.15, 0.2) is 0 Å². The van der Waals surface area contributed by atoms with Crippen molar-refractivity contribution in [1.29, 1.82) is 0 Å². The molecule has 19 heavy (non-hydrogen) atoms. The molecule has 1 aliphatic heterocycles. The number of nitrogens with two attached hydrogens (primary N) is 1. The summed E-state index contributed by atoms with van der Waals surface area (Å²) in [6.45, 7) is 0. The average Bonchev–Trinajstić information content (AvgIpc) is 2.66. The van der Waals surface area contributed by atoms with Crippen LogP contribution in [-0.4, -0.2) is 16.8 Å². The fraction of sp³-hybridized carbons (Fsp3) is 0. The molecule has 0 fully saturated rings. The first-order valence-corrected chi connectivity index (χ1v) is 6.26. The molecule has 0 unspecified atom stereocenters. The summed E-state index contributed by atoms with van der Waals surface area (Å²) in [4.78, 5) is 29.5. The van der Waals surface area contributed by atoms with Crippen molar-refractivity contribution in [1.82, 2.24) is 4.98 Å². The van der Waals surface area contributed by atoms with Gasteiger partial charge in [-0.15, -0.1) is 0 Å². The smallest absolute Gasteiger partial charge is 0.267 e. The predicted molar refractivity (Wildman–Crippen MR) is 73.9 cm³/mol. The fourth-order valence-electron chi connectivity index (χ4n) is 2.00. The van der Waals surface area contributed by atoms with Gasteiger partial charge in [0, 0.05) is 22.6 Å². The lowest BCUT2D eigenvalue weighted by Crippen LogP contribution is -2.29. The van der Waals surface area contributed by atoms with Gasteiger partial charge >= 0.3 is 0 Å². The van der Waals surface area contributed by atoms with Gasteiger partial charge in [0.25, 0.3) is 11.8 Å². The van der Waals surface area contributed by atoms with Crippen LogP contribution in [-0.2, 0) is 0 Å². The van der Waals surface area contributed by atoms with E-state index in [-0.39, 0.29) is 11.8 Å². The molecule has 0 saturated heterocycles. The van der Waals surface area contributed by atoms with E-state index in [4.69, 9.17) is 5.73 Å². The Hall–Kier alpha value is -2.21. The first-order chi connectivity index (χ1) is 9.09. The molecule has 1 aromatic carbocycles. The lowest BCUT2D eigenvalue weighted by atomic mass is 10.2. The minimum Gasteiger partial charge on any atom is -0.399 e. The van der Waals surface area contributed by atoms with Crippen LogP contribution in [0, 0.1) is 0 Å². The summed E-state index contributed by atoms with van der Waals surface area (Å²) in [6, 6.07) is 6.51. The molecule has 6 heteroatoms. The molecule has 0 radical (unpaired) electrons. The Morgan fingerprint density at radius 2 is 1.84 bits per heavy atom. The van der Waals surface area contributed by atoms with Crippen molar-refractivity contribution < 1.29 is 9.59 Å². The highest BCUT2D eigenvalue weighted by atomic mass is 79.9. The van der Waals surface area contributed by atoms with E-state index in [1.54, 1.807) is 18.2 Å². The van der Waals surface area contributed by atoms with Gasteiger partial charge in [-0.25, -0.2) is 4.90 Å². The van der Waals surface area contributed by atoms with E-state index in [9.17, 15) is 9.59 Å². The van der Waals surface area contributed by atoms with Crippen LogP contribution in [0.1, 0.15) is 20.7 Å². The van der Waals surface area contributed by atoms with Gasteiger partial charge in [-0.2, -0.15) is 0 Å². The second kappa shape index (κ2) is 4.17. The number of aromatic nitrogens is 1. The molecule has 0 saturated carbocycles. The Balaban J connectivity index is 2.17. The number of hydrogen-bond donors (Lipinski definition) is 1. The number of imide groups is 1. The molecule has 0 bridgehead atoms. The second-order valence-corrected chi connectivity index (χ2v) is 4.93. The third kappa shape index (κ3) is 1.72. The Morgan fingerprint density at radius 3 is 2.58 bits per heavy atom. The predicted octanol–water partition coefficient (Wildman–Crippen LogP) is 2.23. The number of halogens is 1. The number of carbonyl (C=O) groups excluding carboxylic acids is 2.